The highest BCUT2D eigenvalue weighted by molar-refractivity contribution is 5.94. The van der Waals surface area contributed by atoms with Crippen LogP contribution in [-0.2, 0) is 6.42 Å². The van der Waals surface area contributed by atoms with Crippen LogP contribution in [0.15, 0.2) is 18.2 Å². The molecule has 0 aliphatic carbocycles. The normalized spacial score (nSPS) is 9.93. The summed E-state index contributed by atoms with van der Waals surface area (Å²) in [5, 5.41) is 9.55. The fourth-order valence-electron chi connectivity index (χ4n) is 1.25. The Labute approximate surface area is 84.0 Å². The van der Waals surface area contributed by atoms with Crippen molar-refractivity contribution in [3.8, 4) is 5.75 Å². The molecule has 3 heteroatoms. The zero-order valence-corrected chi connectivity index (χ0v) is 8.74. The quantitative estimate of drug-likeness (QED) is 0.776. The van der Waals surface area contributed by atoms with Crippen molar-refractivity contribution in [2.24, 2.45) is 0 Å². The number of phenolic OH excluding ortho intramolecular Hbond substituents is 1. The predicted molar refractivity (Wildman–Crippen MR) is 55.5 cm³/mol. The Morgan fingerprint density at radius 3 is 2.50 bits per heavy atom. The number of aromatic hydroxyl groups is 1. The summed E-state index contributed by atoms with van der Waals surface area (Å²) in [5.41, 5.74) is 1.38. The van der Waals surface area contributed by atoms with Crippen molar-refractivity contribution in [1.82, 2.24) is 4.90 Å². The lowest BCUT2D eigenvalue weighted by Gasteiger charge is -2.11. The minimum Gasteiger partial charge on any atom is -0.508 e. The molecule has 0 saturated carbocycles. The Morgan fingerprint density at radius 1 is 1.43 bits per heavy atom. The van der Waals surface area contributed by atoms with Crippen molar-refractivity contribution in [3.05, 3.63) is 29.3 Å². The van der Waals surface area contributed by atoms with Gasteiger partial charge in [0.1, 0.15) is 5.75 Å². The number of amides is 1. The number of hydrogen-bond donors (Lipinski definition) is 1. The van der Waals surface area contributed by atoms with E-state index in [0.717, 1.165) is 12.0 Å². The van der Waals surface area contributed by atoms with Gasteiger partial charge in [-0.1, -0.05) is 13.0 Å². The van der Waals surface area contributed by atoms with E-state index < -0.39 is 0 Å². The molecule has 1 N–H and O–H groups in total. The molecule has 1 rings (SSSR count). The van der Waals surface area contributed by atoms with Crippen LogP contribution in [-0.4, -0.2) is 30.0 Å². The number of carbonyl (C=O) groups is 1. The second kappa shape index (κ2) is 4.13. The number of phenols is 1. The number of nitrogens with zero attached hydrogens (tertiary/aromatic N) is 1. The molecular weight excluding hydrogens is 178 g/mol. The van der Waals surface area contributed by atoms with Gasteiger partial charge < -0.3 is 10.0 Å². The van der Waals surface area contributed by atoms with Gasteiger partial charge in [-0.3, -0.25) is 4.79 Å². The van der Waals surface area contributed by atoms with Crippen LogP contribution in [0.4, 0.5) is 0 Å². The zero-order valence-electron chi connectivity index (χ0n) is 8.74. The van der Waals surface area contributed by atoms with E-state index in [1.54, 1.807) is 26.2 Å². The van der Waals surface area contributed by atoms with Crippen LogP contribution < -0.4 is 0 Å². The third kappa shape index (κ3) is 2.05. The van der Waals surface area contributed by atoms with Crippen molar-refractivity contribution >= 4 is 5.91 Å². The van der Waals surface area contributed by atoms with Crippen LogP contribution in [0.3, 0.4) is 0 Å². The molecule has 0 atom stereocenters. The first-order chi connectivity index (χ1) is 6.56. The second-order valence-electron chi connectivity index (χ2n) is 3.40. The Bertz CT molecular complexity index is 345. The molecule has 0 unspecified atom stereocenters. The average Bonchev–Trinajstić information content (AvgIpc) is 2.16. The van der Waals surface area contributed by atoms with Gasteiger partial charge in [-0.2, -0.15) is 0 Å². The molecule has 0 saturated heterocycles. The van der Waals surface area contributed by atoms with Gasteiger partial charge in [0.2, 0.25) is 0 Å². The van der Waals surface area contributed by atoms with Gasteiger partial charge in [-0.25, -0.2) is 0 Å². The fourth-order valence-corrected chi connectivity index (χ4v) is 1.25. The number of benzene rings is 1. The van der Waals surface area contributed by atoms with Crippen molar-refractivity contribution in [3.63, 3.8) is 0 Å². The summed E-state index contributed by atoms with van der Waals surface area (Å²) in [6.45, 7) is 1.96. The van der Waals surface area contributed by atoms with Gasteiger partial charge in [0.25, 0.3) is 5.91 Å². The smallest absolute Gasteiger partial charge is 0.253 e. The van der Waals surface area contributed by atoms with Gasteiger partial charge in [0.15, 0.2) is 0 Å². The minimum atomic E-state index is -0.0945. The largest absolute Gasteiger partial charge is 0.508 e. The summed E-state index contributed by atoms with van der Waals surface area (Å²) in [6.07, 6.45) is 0.766. The van der Waals surface area contributed by atoms with E-state index in [4.69, 9.17) is 0 Å². The van der Waals surface area contributed by atoms with Crippen LogP contribution >= 0.6 is 0 Å². The summed E-state index contributed by atoms with van der Waals surface area (Å²) in [4.78, 5) is 13.0. The van der Waals surface area contributed by atoms with Crippen LogP contribution in [0.1, 0.15) is 22.8 Å². The molecular formula is C11H15NO2. The van der Waals surface area contributed by atoms with E-state index in [9.17, 15) is 9.90 Å². The van der Waals surface area contributed by atoms with E-state index in [-0.39, 0.29) is 11.7 Å². The minimum absolute atomic E-state index is 0.0945. The summed E-state index contributed by atoms with van der Waals surface area (Å²) < 4.78 is 0. The molecule has 0 fully saturated rings. The highest BCUT2D eigenvalue weighted by Gasteiger charge is 2.09. The molecule has 0 bridgehead atoms. The molecule has 0 spiro atoms. The third-order valence-corrected chi connectivity index (χ3v) is 2.12. The van der Waals surface area contributed by atoms with E-state index >= 15 is 0 Å². The number of hydrogen-bond acceptors (Lipinski definition) is 2. The molecule has 0 radical (unpaired) electrons. The molecule has 3 nitrogen and oxygen atoms in total. The molecule has 76 valence electrons. The first-order valence-electron chi connectivity index (χ1n) is 4.59. The fraction of sp³-hybridized carbons (Fsp3) is 0.364. The van der Waals surface area contributed by atoms with E-state index in [1.807, 2.05) is 6.92 Å². The van der Waals surface area contributed by atoms with Crippen molar-refractivity contribution in [2.45, 2.75) is 13.3 Å². The van der Waals surface area contributed by atoms with Crippen LogP contribution in [0, 0.1) is 0 Å². The standard InChI is InChI=1S/C11H15NO2/c1-4-8-5-6-9(7-10(8)13)11(14)12(2)3/h5-7,13H,4H2,1-3H3. The van der Waals surface area contributed by atoms with Crippen LogP contribution in [0.5, 0.6) is 5.75 Å². The lowest BCUT2D eigenvalue weighted by Crippen LogP contribution is -2.21. The first-order valence-corrected chi connectivity index (χ1v) is 4.59. The van der Waals surface area contributed by atoms with Gasteiger partial charge in [-0.05, 0) is 24.1 Å². The Hall–Kier alpha value is -1.51. The average molecular weight is 193 g/mol. The Morgan fingerprint density at radius 2 is 2.07 bits per heavy atom. The molecule has 1 aromatic carbocycles. The Kier molecular flexibility index (Phi) is 3.12. The first kappa shape index (κ1) is 10.6. The summed E-state index contributed by atoms with van der Waals surface area (Å²) in [6, 6.07) is 5.04. The van der Waals surface area contributed by atoms with Crippen molar-refractivity contribution in [2.75, 3.05) is 14.1 Å². The molecule has 1 amide bonds. The molecule has 0 aliphatic heterocycles. The maximum absolute atomic E-state index is 11.5. The number of aryl methyl sites for hydroxylation is 1. The molecule has 0 aliphatic rings. The lowest BCUT2D eigenvalue weighted by molar-refractivity contribution is 0.0827. The maximum Gasteiger partial charge on any atom is 0.253 e. The van der Waals surface area contributed by atoms with Gasteiger partial charge in [0, 0.05) is 19.7 Å². The van der Waals surface area contributed by atoms with Gasteiger partial charge in [-0.15, -0.1) is 0 Å². The third-order valence-electron chi connectivity index (χ3n) is 2.12. The number of rotatable bonds is 2. The highest BCUT2D eigenvalue weighted by Crippen LogP contribution is 2.19. The zero-order chi connectivity index (χ0) is 10.7. The van der Waals surface area contributed by atoms with Crippen molar-refractivity contribution < 1.29 is 9.90 Å². The Balaban J connectivity index is 3.03. The van der Waals surface area contributed by atoms with E-state index in [2.05, 4.69) is 0 Å². The van der Waals surface area contributed by atoms with Gasteiger partial charge in [0.05, 0.1) is 0 Å². The molecule has 1 aromatic rings. The number of carbonyl (C=O) groups excluding carboxylic acids is 1. The lowest BCUT2D eigenvalue weighted by atomic mass is 10.1. The topological polar surface area (TPSA) is 40.5 Å². The maximum atomic E-state index is 11.5. The van der Waals surface area contributed by atoms with E-state index in [0.29, 0.717) is 5.56 Å². The van der Waals surface area contributed by atoms with Crippen LogP contribution in [0.25, 0.3) is 0 Å². The molecule has 0 aromatic heterocycles. The molecule has 0 heterocycles. The second-order valence-corrected chi connectivity index (χ2v) is 3.40. The SMILES string of the molecule is CCc1ccc(C(=O)N(C)C)cc1O. The van der Waals surface area contributed by atoms with Crippen molar-refractivity contribution in [1.29, 1.82) is 0 Å². The summed E-state index contributed by atoms with van der Waals surface area (Å²) >= 11 is 0. The van der Waals surface area contributed by atoms with E-state index in [1.165, 1.54) is 11.0 Å². The summed E-state index contributed by atoms with van der Waals surface area (Å²) in [5.74, 6) is 0.100. The monoisotopic (exact) mass is 193 g/mol. The highest BCUT2D eigenvalue weighted by atomic mass is 16.3. The predicted octanol–water partition coefficient (Wildman–Crippen LogP) is 1.66. The van der Waals surface area contributed by atoms with Crippen LogP contribution in [0.2, 0.25) is 0 Å². The summed E-state index contributed by atoms with van der Waals surface area (Å²) in [7, 11) is 3.38. The van der Waals surface area contributed by atoms with Gasteiger partial charge >= 0.3 is 0 Å². The molecule has 14 heavy (non-hydrogen) atoms.